The van der Waals surface area contributed by atoms with Gasteiger partial charge in [-0.1, -0.05) is 13.0 Å². The maximum atomic E-state index is 6.13. The Morgan fingerprint density at radius 1 is 1.22 bits per heavy atom. The van der Waals surface area contributed by atoms with Gasteiger partial charge in [0.25, 0.3) is 0 Å². The molecule has 0 radical (unpaired) electrons. The average Bonchev–Trinajstić information content (AvgIpc) is 2.69. The number of nitrogens with two attached hydrogens (primary N) is 2. The van der Waals surface area contributed by atoms with Gasteiger partial charge >= 0.3 is 0 Å². The second-order valence-corrected chi connectivity index (χ2v) is 6.02. The van der Waals surface area contributed by atoms with Crippen LogP contribution >= 0.6 is 0 Å². The molecule has 0 saturated carbocycles. The van der Waals surface area contributed by atoms with Crippen molar-refractivity contribution in [1.29, 1.82) is 0 Å². The lowest BCUT2D eigenvalue weighted by Crippen LogP contribution is -2.39. The van der Waals surface area contributed by atoms with Crippen LogP contribution < -0.4 is 11.5 Å². The zero-order chi connectivity index (χ0) is 12.7. The quantitative estimate of drug-likeness (QED) is 0.735. The molecule has 1 saturated heterocycles. The Morgan fingerprint density at radius 2 is 2.06 bits per heavy atom. The van der Waals surface area contributed by atoms with Gasteiger partial charge in [-0.2, -0.15) is 0 Å². The third kappa shape index (κ3) is 2.13. The lowest BCUT2D eigenvalue weighted by atomic mass is 9.87. The molecule has 3 unspecified atom stereocenters. The van der Waals surface area contributed by atoms with Crippen LogP contribution in [0.4, 0.5) is 5.69 Å². The average molecular weight is 245 g/mol. The molecule has 1 aromatic rings. The number of nitrogens with zero attached hydrogens (tertiary/aromatic N) is 1. The lowest BCUT2D eigenvalue weighted by Gasteiger charge is -2.32. The van der Waals surface area contributed by atoms with Gasteiger partial charge in [0.15, 0.2) is 0 Å². The monoisotopic (exact) mass is 245 g/mol. The van der Waals surface area contributed by atoms with Crippen LogP contribution in [0.2, 0.25) is 0 Å². The number of likely N-dealkylation sites (tertiary alicyclic amines) is 1. The van der Waals surface area contributed by atoms with Gasteiger partial charge in [0.1, 0.15) is 0 Å². The summed E-state index contributed by atoms with van der Waals surface area (Å²) in [7, 11) is 0. The Balaban J connectivity index is 1.73. The number of benzene rings is 1. The third-order valence-corrected chi connectivity index (χ3v) is 4.65. The van der Waals surface area contributed by atoms with Gasteiger partial charge in [0, 0.05) is 30.9 Å². The topological polar surface area (TPSA) is 55.3 Å². The summed E-state index contributed by atoms with van der Waals surface area (Å²) in [4.78, 5) is 2.59. The van der Waals surface area contributed by atoms with E-state index in [1.54, 1.807) is 0 Å². The molecule has 0 aromatic heterocycles. The predicted molar refractivity (Wildman–Crippen MR) is 75.4 cm³/mol. The fourth-order valence-corrected chi connectivity index (χ4v) is 3.40. The van der Waals surface area contributed by atoms with Gasteiger partial charge in [0.05, 0.1) is 0 Å². The highest BCUT2D eigenvalue weighted by atomic mass is 15.2. The van der Waals surface area contributed by atoms with Crippen molar-refractivity contribution in [3.8, 4) is 0 Å². The standard InChI is InChI=1S/C15H23N3/c1-10-8-18(9-15(10)17)14-5-3-11-6-13(16)4-2-12(11)7-14/h2,4,6,10,14-15H,3,5,7-9,16-17H2,1H3. The van der Waals surface area contributed by atoms with E-state index in [0.717, 1.165) is 31.6 Å². The van der Waals surface area contributed by atoms with E-state index in [9.17, 15) is 0 Å². The zero-order valence-electron chi connectivity index (χ0n) is 11.1. The minimum Gasteiger partial charge on any atom is -0.399 e. The van der Waals surface area contributed by atoms with Crippen LogP contribution in [-0.4, -0.2) is 30.1 Å². The third-order valence-electron chi connectivity index (χ3n) is 4.65. The van der Waals surface area contributed by atoms with Crippen molar-refractivity contribution < 1.29 is 0 Å². The molecule has 1 fully saturated rings. The Morgan fingerprint density at radius 3 is 2.78 bits per heavy atom. The molecule has 2 aliphatic rings. The molecule has 3 nitrogen and oxygen atoms in total. The van der Waals surface area contributed by atoms with Gasteiger partial charge in [-0.3, -0.25) is 4.90 Å². The first-order valence-electron chi connectivity index (χ1n) is 7.00. The summed E-state index contributed by atoms with van der Waals surface area (Å²) in [5, 5.41) is 0. The van der Waals surface area contributed by atoms with Crippen molar-refractivity contribution in [3.05, 3.63) is 29.3 Å². The summed E-state index contributed by atoms with van der Waals surface area (Å²) in [6.45, 7) is 4.49. The molecule has 1 aliphatic heterocycles. The van der Waals surface area contributed by atoms with Crippen molar-refractivity contribution >= 4 is 5.69 Å². The van der Waals surface area contributed by atoms with Crippen LogP contribution in [0.1, 0.15) is 24.5 Å². The smallest absolute Gasteiger partial charge is 0.0316 e. The van der Waals surface area contributed by atoms with Crippen LogP contribution in [0.25, 0.3) is 0 Å². The summed E-state index contributed by atoms with van der Waals surface area (Å²) >= 11 is 0. The summed E-state index contributed by atoms with van der Waals surface area (Å²) in [6, 6.07) is 7.41. The minimum atomic E-state index is 0.359. The molecule has 18 heavy (non-hydrogen) atoms. The largest absolute Gasteiger partial charge is 0.399 e. The Kier molecular flexibility index (Phi) is 3.04. The number of rotatable bonds is 1. The van der Waals surface area contributed by atoms with Gasteiger partial charge in [-0.15, -0.1) is 0 Å². The molecule has 98 valence electrons. The number of fused-ring (bicyclic) bond motifs is 1. The maximum Gasteiger partial charge on any atom is 0.0316 e. The molecule has 3 heteroatoms. The number of hydrogen-bond donors (Lipinski definition) is 2. The van der Waals surface area contributed by atoms with Gasteiger partial charge in [-0.05, 0) is 48.4 Å². The summed E-state index contributed by atoms with van der Waals surface area (Å²) in [5.74, 6) is 0.637. The molecule has 0 amide bonds. The Hall–Kier alpha value is -1.06. The normalized spacial score (nSPS) is 32.4. The Bertz CT molecular complexity index is 433. The van der Waals surface area contributed by atoms with E-state index in [1.807, 2.05) is 6.07 Å². The fourth-order valence-electron chi connectivity index (χ4n) is 3.40. The zero-order valence-corrected chi connectivity index (χ0v) is 11.1. The second-order valence-electron chi connectivity index (χ2n) is 6.02. The van der Waals surface area contributed by atoms with E-state index < -0.39 is 0 Å². The number of hydrogen-bond acceptors (Lipinski definition) is 3. The molecule has 1 aliphatic carbocycles. The minimum absolute atomic E-state index is 0.359. The molecule has 3 rings (SSSR count). The molecule has 0 spiro atoms. The van der Waals surface area contributed by atoms with Crippen molar-refractivity contribution in [2.75, 3.05) is 18.8 Å². The summed E-state index contributed by atoms with van der Waals surface area (Å²) in [5.41, 5.74) is 15.8. The highest BCUT2D eigenvalue weighted by Gasteiger charge is 2.32. The highest BCUT2D eigenvalue weighted by molar-refractivity contribution is 5.46. The molecule has 4 N–H and O–H groups in total. The van der Waals surface area contributed by atoms with E-state index in [0.29, 0.717) is 18.0 Å². The van der Waals surface area contributed by atoms with E-state index in [4.69, 9.17) is 11.5 Å². The molecule has 0 bridgehead atoms. The number of aryl methyl sites for hydroxylation is 1. The number of nitrogen functional groups attached to an aromatic ring is 1. The van der Waals surface area contributed by atoms with E-state index >= 15 is 0 Å². The summed E-state index contributed by atoms with van der Waals surface area (Å²) < 4.78 is 0. The predicted octanol–water partition coefficient (Wildman–Crippen LogP) is 1.41. The van der Waals surface area contributed by atoms with E-state index in [1.165, 1.54) is 17.5 Å². The SMILES string of the molecule is CC1CN(C2CCc3cc(N)ccc3C2)CC1N. The van der Waals surface area contributed by atoms with Crippen molar-refractivity contribution in [3.63, 3.8) is 0 Å². The number of anilines is 1. The molecular weight excluding hydrogens is 222 g/mol. The van der Waals surface area contributed by atoms with E-state index in [-0.39, 0.29) is 0 Å². The van der Waals surface area contributed by atoms with Gasteiger partial charge < -0.3 is 11.5 Å². The fraction of sp³-hybridized carbons (Fsp3) is 0.600. The second kappa shape index (κ2) is 4.56. The molecule has 1 heterocycles. The van der Waals surface area contributed by atoms with Crippen LogP contribution in [0.3, 0.4) is 0 Å². The molecule has 1 aromatic carbocycles. The van der Waals surface area contributed by atoms with Crippen LogP contribution in [0.15, 0.2) is 18.2 Å². The lowest BCUT2D eigenvalue weighted by molar-refractivity contribution is 0.214. The van der Waals surface area contributed by atoms with Crippen LogP contribution in [-0.2, 0) is 12.8 Å². The van der Waals surface area contributed by atoms with E-state index in [2.05, 4.69) is 24.0 Å². The van der Waals surface area contributed by atoms with Gasteiger partial charge in [-0.25, -0.2) is 0 Å². The molecule has 3 atom stereocenters. The van der Waals surface area contributed by atoms with Crippen molar-refractivity contribution in [2.24, 2.45) is 11.7 Å². The van der Waals surface area contributed by atoms with Crippen molar-refractivity contribution in [2.45, 2.75) is 38.3 Å². The first-order valence-corrected chi connectivity index (χ1v) is 7.00. The van der Waals surface area contributed by atoms with Crippen LogP contribution in [0, 0.1) is 5.92 Å². The Labute approximate surface area is 109 Å². The van der Waals surface area contributed by atoms with Crippen molar-refractivity contribution in [1.82, 2.24) is 4.90 Å². The van der Waals surface area contributed by atoms with Crippen LogP contribution in [0.5, 0.6) is 0 Å². The maximum absolute atomic E-state index is 6.13. The first kappa shape index (κ1) is 12.0. The summed E-state index contributed by atoms with van der Waals surface area (Å²) in [6.07, 6.45) is 3.57. The van der Waals surface area contributed by atoms with Gasteiger partial charge in [0.2, 0.25) is 0 Å². The highest BCUT2D eigenvalue weighted by Crippen LogP contribution is 2.29. The molecular formula is C15H23N3. The first-order chi connectivity index (χ1) is 8.63.